The fraction of sp³-hybridized carbons (Fsp3) is 0.182. The Morgan fingerprint density at radius 1 is 1.10 bits per heavy atom. The first kappa shape index (κ1) is 19.4. The van der Waals surface area contributed by atoms with Crippen molar-refractivity contribution in [2.75, 3.05) is 5.32 Å². The second-order valence-corrected chi connectivity index (χ2v) is 6.88. The predicted octanol–water partition coefficient (Wildman–Crippen LogP) is 3.19. The Kier molecular flexibility index (Phi) is 5.30. The molecule has 152 valence electrons. The van der Waals surface area contributed by atoms with E-state index in [0.717, 1.165) is 16.7 Å². The van der Waals surface area contributed by atoms with Gasteiger partial charge in [-0.2, -0.15) is 0 Å². The largest absolute Gasteiger partial charge is 0.436 e. The Hall–Kier alpha value is -3.94. The smallest absolute Gasteiger partial charge is 0.351 e. The number of nitrogens with zero attached hydrogens (tertiary/aromatic N) is 4. The third-order valence-electron chi connectivity index (χ3n) is 4.64. The molecular formula is C22H21N5O3. The molecule has 2 aromatic heterocycles. The average molecular weight is 403 g/mol. The van der Waals surface area contributed by atoms with Crippen molar-refractivity contribution in [2.45, 2.75) is 26.8 Å². The minimum Gasteiger partial charge on any atom is -0.436 e. The molecule has 0 saturated carbocycles. The Morgan fingerprint density at radius 2 is 1.83 bits per heavy atom. The zero-order valence-electron chi connectivity index (χ0n) is 16.7. The van der Waals surface area contributed by atoms with E-state index in [2.05, 4.69) is 22.3 Å². The van der Waals surface area contributed by atoms with Gasteiger partial charge in [0.1, 0.15) is 12.3 Å². The summed E-state index contributed by atoms with van der Waals surface area (Å²) < 4.78 is 8.19. The molecule has 0 radical (unpaired) electrons. The summed E-state index contributed by atoms with van der Waals surface area (Å²) in [7, 11) is 0. The predicted molar refractivity (Wildman–Crippen MR) is 113 cm³/mol. The highest BCUT2D eigenvalue weighted by Crippen LogP contribution is 2.22. The SMILES string of the molecule is CCc1ccc(NC(=O)Cn2nc3c(Oc4ccc(C)cc4)nccn3c2=O)cc1. The van der Waals surface area contributed by atoms with Gasteiger partial charge in [0.05, 0.1) is 0 Å². The van der Waals surface area contributed by atoms with Gasteiger partial charge in [-0.1, -0.05) is 36.8 Å². The molecule has 0 bridgehead atoms. The van der Waals surface area contributed by atoms with Gasteiger partial charge in [-0.05, 0) is 43.2 Å². The van der Waals surface area contributed by atoms with Crippen molar-refractivity contribution >= 4 is 17.2 Å². The number of amides is 1. The van der Waals surface area contributed by atoms with Crippen LogP contribution < -0.4 is 15.7 Å². The van der Waals surface area contributed by atoms with E-state index in [-0.39, 0.29) is 24.0 Å². The molecule has 0 aliphatic carbocycles. The number of benzene rings is 2. The fourth-order valence-electron chi connectivity index (χ4n) is 2.98. The molecule has 1 N–H and O–H groups in total. The van der Waals surface area contributed by atoms with Crippen LogP contribution in [0.3, 0.4) is 0 Å². The van der Waals surface area contributed by atoms with Crippen molar-refractivity contribution < 1.29 is 9.53 Å². The number of aryl methyl sites for hydroxylation is 2. The Labute approximate surface area is 172 Å². The summed E-state index contributed by atoms with van der Waals surface area (Å²) in [5.74, 6) is 0.419. The lowest BCUT2D eigenvalue weighted by molar-refractivity contribution is -0.117. The highest BCUT2D eigenvalue weighted by atomic mass is 16.5. The molecule has 0 saturated heterocycles. The molecule has 4 aromatic rings. The van der Waals surface area contributed by atoms with Crippen LogP contribution in [0.25, 0.3) is 5.65 Å². The summed E-state index contributed by atoms with van der Waals surface area (Å²) in [5.41, 5.74) is 2.74. The normalized spacial score (nSPS) is 10.9. The van der Waals surface area contributed by atoms with Crippen LogP contribution in [0.5, 0.6) is 11.6 Å². The van der Waals surface area contributed by atoms with E-state index in [0.29, 0.717) is 11.4 Å². The first-order valence-corrected chi connectivity index (χ1v) is 9.61. The topological polar surface area (TPSA) is 90.5 Å². The first-order valence-electron chi connectivity index (χ1n) is 9.61. The van der Waals surface area contributed by atoms with E-state index in [9.17, 15) is 9.59 Å². The molecule has 0 unspecified atom stereocenters. The van der Waals surface area contributed by atoms with E-state index in [4.69, 9.17) is 4.74 Å². The van der Waals surface area contributed by atoms with Crippen molar-refractivity contribution in [3.8, 4) is 11.6 Å². The van der Waals surface area contributed by atoms with Crippen LogP contribution in [0.15, 0.2) is 65.7 Å². The summed E-state index contributed by atoms with van der Waals surface area (Å²) in [6.07, 6.45) is 3.87. The van der Waals surface area contributed by atoms with Gasteiger partial charge < -0.3 is 10.1 Å². The van der Waals surface area contributed by atoms with E-state index in [1.54, 1.807) is 0 Å². The van der Waals surface area contributed by atoms with Crippen LogP contribution in [0, 0.1) is 6.92 Å². The molecule has 8 heteroatoms. The maximum absolute atomic E-state index is 12.6. The van der Waals surface area contributed by atoms with Crippen molar-refractivity contribution in [3.05, 3.63) is 82.5 Å². The molecule has 0 aliphatic rings. The van der Waals surface area contributed by atoms with E-state index >= 15 is 0 Å². The maximum atomic E-state index is 12.6. The maximum Gasteiger partial charge on any atom is 0.351 e. The molecule has 30 heavy (non-hydrogen) atoms. The van der Waals surface area contributed by atoms with Crippen LogP contribution in [-0.2, 0) is 17.8 Å². The number of hydrogen-bond donors (Lipinski definition) is 1. The Bertz CT molecular complexity index is 1240. The van der Waals surface area contributed by atoms with Crippen LogP contribution in [0.4, 0.5) is 5.69 Å². The van der Waals surface area contributed by atoms with E-state index in [1.807, 2.05) is 55.5 Å². The molecule has 4 rings (SSSR count). The Balaban J connectivity index is 1.55. The van der Waals surface area contributed by atoms with Gasteiger partial charge in [0, 0.05) is 18.1 Å². The molecule has 0 atom stereocenters. The lowest BCUT2D eigenvalue weighted by atomic mass is 10.1. The summed E-state index contributed by atoms with van der Waals surface area (Å²) in [4.78, 5) is 29.2. The zero-order chi connectivity index (χ0) is 21.1. The van der Waals surface area contributed by atoms with Gasteiger partial charge >= 0.3 is 5.69 Å². The second-order valence-electron chi connectivity index (χ2n) is 6.88. The monoisotopic (exact) mass is 403 g/mol. The number of fused-ring (bicyclic) bond motifs is 1. The quantitative estimate of drug-likeness (QED) is 0.534. The van der Waals surface area contributed by atoms with Gasteiger partial charge in [0.15, 0.2) is 0 Å². The lowest BCUT2D eigenvalue weighted by Gasteiger charge is -2.05. The van der Waals surface area contributed by atoms with Crippen molar-refractivity contribution in [3.63, 3.8) is 0 Å². The van der Waals surface area contributed by atoms with Crippen molar-refractivity contribution in [1.29, 1.82) is 0 Å². The summed E-state index contributed by atoms with van der Waals surface area (Å²) in [5, 5.41) is 7.03. The third-order valence-corrected chi connectivity index (χ3v) is 4.64. The van der Waals surface area contributed by atoms with Gasteiger partial charge in [-0.25, -0.2) is 18.9 Å². The second kappa shape index (κ2) is 8.20. The van der Waals surface area contributed by atoms with Crippen molar-refractivity contribution in [1.82, 2.24) is 19.2 Å². The lowest BCUT2D eigenvalue weighted by Crippen LogP contribution is -2.28. The molecule has 0 spiro atoms. The standard InChI is InChI=1S/C22H21N5O3/c1-3-16-6-8-17(9-7-16)24-19(28)14-27-22(29)26-13-12-23-21(20(26)25-27)30-18-10-4-15(2)5-11-18/h4-13H,3,14H2,1-2H3,(H,24,28). The molecule has 0 fully saturated rings. The molecule has 1 amide bonds. The fourth-order valence-corrected chi connectivity index (χ4v) is 2.98. The molecule has 8 nitrogen and oxygen atoms in total. The number of aromatic nitrogens is 4. The van der Waals surface area contributed by atoms with Crippen LogP contribution >= 0.6 is 0 Å². The van der Waals surface area contributed by atoms with E-state index < -0.39 is 5.69 Å². The molecular weight excluding hydrogens is 382 g/mol. The van der Waals surface area contributed by atoms with Gasteiger partial charge in [-0.3, -0.25) is 4.79 Å². The highest BCUT2D eigenvalue weighted by Gasteiger charge is 2.15. The molecule has 2 heterocycles. The van der Waals surface area contributed by atoms with Crippen LogP contribution in [0.1, 0.15) is 18.1 Å². The first-order chi connectivity index (χ1) is 14.5. The molecule has 2 aromatic carbocycles. The number of hydrogen-bond acceptors (Lipinski definition) is 5. The summed E-state index contributed by atoms with van der Waals surface area (Å²) >= 11 is 0. The van der Waals surface area contributed by atoms with Gasteiger partial charge in [0.2, 0.25) is 11.6 Å². The zero-order valence-corrected chi connectivity index (χ0v) is 16.7. The number of carbonyl (C=O) groups excluding carboxylic acids is 1. The van der Waals surface area contributed by atoms with Gasteiger partial charge in [-0.15, -0.1) is 5.10 Å². The Morgan fingerprint density at radius 3 is 2.53 bits per heavy atom. The van der Waals surface area contributed by atoms with Gasteiger partial charge in [0.25, 0.3) is 5.88 Å². The van der Waals surface area contributed by atoms with E-state index in [1.165, 1.54) is 22.4 Å². The number of ether oxygens (including phenoxy) is 1. The molecule has 0 aliphatic heterocycles. The summed E-state index contributed by atoms with van der Waals surface area (Å²) in [6, 6.07) is 15.0. The average Bonchev–Trinajstić information content (AvgIpc) is 3.07. The number of nitrogens with one attached hydrogen (secondary N) is 1. The minimum absolute atomic E-state index is 0.188. The minimum atomic E-state index is -0.447. The number of anilines is 1. The van der Waals surface area contributed by atoms with Crippen LogP contribution in [0.2, 0.25) is 0 Å². The third kappa shape index (κ3) is 4.07. The number of rotatable bonds is 6. The highest BCUT2D eigenvalue weighted by molar-refractivity contribution is 5.90. The van der Waals surface area contributed by atoms with Crippen LogP contribution in [-0.4, -0.2) is 25.1 Å². The summed E-state index contributed by atoms with van der Waals surface area (Å²) in [6.45, 7) is 3.82. The number of carbonyl (C=O) groups is 1. The van der Waals surface area contributed by atoms with Crippen molar-refractivity contribution in [2.24, 2.45) is 0 Å².